The zero-order valence-corrected chi connectivity index (χ0v) is 17.9. The lowest BCUT2D eigenvalue weighted by molar-refractivity contribution is 0.133. The average Bonchev–Trinajstić information content (AvgIpc) is 2.99. The molecule has 4 heterocycles. The van der Waals surface area contributed by atoms with Gasteiger partial charge in [-0.25, -0.2) is 4.39 Å². The third-order valence-electron chi connectivity index (χ3n) is 5.26. The lowest BCUT2D eigenvalue weighted by atomic mass is 10.0. The van der Waals surface area contributed by atoms with Gasteiger partial charge in [0, 0.05) is 23.4 Å². The van der Waals surface area contributed by atoms with Gasteiger partial charge in [-0.2, -0.15) is 4.98 Å². The van der Waals surface area contributed by atoms with Crippen molar-refractivity contribution in [3.8, 4) is 11.8 Å². The fraction of sp³-hybridized carbons (Fsp3) is 0.304. The molecule has 9 heteroatoms. The molecule has 0 amide bonds. The van der Waals surface area contributed by atoms with Crippen molar-refractivity contribution >= 4 is 28.2 Å². The molecule has 8 nitrogen and oxygen atoms in total. The molecule has 0 atom stereocenters. The van der Waals surface area contributed by atoms with Crippen LogP contribution in [0.3, 0.4) is 0 Å². The van der Waals surface area contributed by atoms with Crippen LogP contribution < -0.4 is 4.90 Å². The van der Waals surface area contributed by atoms with Gasteiger partial charge >= 0.3 is 0 Å². The summed E-state index contributed by atoms with van der Waals surface area (Å²) in [6.07, 6.45) is 2.77. The number of hydrogen-bond acceptors (Lipinski definition) is 7. The number of anilines is 2. The van der Waals surface area contributed by atoms with Crippen LogP contribution in [0, 0.1) is 24.6 Å². The highest BCUT2D eigenvalue weighted by Crippen LogP contribution is 2.36. The van der Waals surface area contributed by atoms with Crippen LogP contribution in [-0.2, 0) is 11.3 Å². The number of halogens is 1. The normalized spacial score (nSPS) is 14.2. The summed E-state index contributed by atoms with van der Waals surface area (Å²) in [6, 6.07) is 5.70. The number of aromatic nitrogens is 5. The van der Waals surface area contributed by atoms with Gasteiger partial charge in [0.2, 0.25) is 0 Å². The largest absolute Gasteiger partial charge is 0.378 e. The van der Waals surface area contributed by atoms with E-state index in [1.807, 2.05) is 23.1 Å². The lowest BCUT2D eigenvalue weighted by Gasteiger charge is -2.25. The lowest BCUT2D eigenvalue weighted by Crippen LogP contribution is -2.23. The molecule has 5 rings (SSSR count). The standard InChI is InChI=1S/C23H21FN6O2/c1-14-27-28-22-26-21(20-17(24)11-25-12-19(20)30(14)22)29-9-10-32-13-16-15(5-4-6-18(16)29)7-8-23(2,3)31/h4-6,11-12,31H,9-10,13H2,1-3H3. The first-order valence-corrected chi connectivity index (χ1v) is 10.2. The minimum atomic E-state index is -1.13. The second-order valence-electron chi connectivity index (χ2n) is 8.15. The predicted molar refractivity (Wildman–Crippen MR) is 117 cm³/mol. The van der Waals surface area contributed by atoms with E-state index in [1.54, 1.807) is 31.4 Å². The summed E-state index contributed by atoms with van der Waals surface area (Å²) >= 11 is 0. The summed E-state index contributed by atoms with van der Waals surface area (Å²) < 4.78 is 22.6. The van der Waals surface area contributed by atoms with Crippen LogP contribution in [0.15, 0.2) is 30.6 Å². The van der Waals surface area contributed by atoms with Gasteiger partial charge in [0.05, 0.1) is 36.5 Å². The molecule has 1 aromatic carbocycles. The molecule has 0 saturated heterocycles. The van der Waals surface area contributed by atoms with E-state index in [-0.39, 0.29) is 0 Å². The van der Waals surface area contributed by atoms with Gasteiger partial charge in [0.25, 0.3) is 5.78 Å². The number of ether oxygens (including phenoxy) is 1. The van der Waals surface area contributed by atoms with Crippen molar-refractivity contribution in [3.05, 3.63) is 53.4 Å². The first-order chi connectivity index (χ1) is 15.3. The first kappa shape index (κ1) is 20.3. The van der Waals surface area contributed by atoms with E-state index in [0.717, 1.165) is 16.8 Å². The minimum Gasteiger partial charge on any atom is -0.378 e. The molecule has 0 unspecified atom stereocenters. The third kappa shape index (κ3) is 3.43. The van der Waals surface area contributed by atoms with Crippen molar-refractivity contribution in [3.63, 3.8) is 0 Å². The Bertz CT molecular complexity index is 1410. The Labute approximate surface area is 183 Å². The van der Waals surface area contributed by atoms with Crippen LogP contribution >= 0.6 is 0 Å². The Morgan fingerprint density at radius 2 is 2.06 bits per heavy atom. The molecule has 0 fully saturated rings. The van der Waals surface area contributed by atoms with Crippen LogP contribution in [0.4, 0.5) is 15.9 Å². The van der Waals surface area contributed by atoms with Gasteiger partial charge in [-0.05, 0) is 32.9 Å². The molecule has 32 heavy (non-hydrogen) atoms. The molecule has 1 N–H and O–H groups in total. The molecule has 162 valence electrons. The summed E-state index contributed by atoms with van der Waals surface area (Å²) in [5, 5.41) is 18.6. The fourth-order valence-electron chi connectivity index (χ4n) is 3.85. The monoisotopic (exact) mass is 432 g/mol. The van der Waals surface area contributed by atoms with Crippen LogP contribution in [0.5, 0.6) is 0 Å². The number of rotatable bonds is 1. The van der Waals surface area contributed by atoms with E-state index in [2.05, 4.69) is 32.0 Å². The zero-order chi connectivity index (χ0) is 22.5. The number of aliphatic hydroxyl groups is 1. The van der Waals surface area contributed by atoms with E-state index in [4.69, 9.17) is 4.74 Å². The van der Waals surface area contributed by atoms with Crippen molar-refractivity contribution in [1.29, 1.82) is 0 Å². The minimum absolute atomic E-state index is 0.330. The number of pyridine rings is 1. The van der Waals surface area contributed by atoms with Gasteiger partial charge in [-0.15, -0.1) is 10.2 Å². The number of benzene rings is 1. The Kier molecular flexibility index (Phi) is 4.77. The molecule has 0 radical (unpaired) electrons. The molecule has 0 aliphatic carbocycles. The first-order valence-electron chi connectivity index (χ1n) is 10.2. The molecule has 3 aromatic heterocycles. The summed E-state index contributed by atoms with van der Waals surface area (Å²) in [5.74, 6) is 6.81. The maximum Gasteiger partial charge on any atom is 0.257 e. The van der Waals surface area contributed by atoms with E-state index >= 15 is 4.39 Å². The summed E-state index contributed by atoms with van der Waals surface area (Å²) in [5.41, 5.74) is 1.82. The molecule has 0 saturated carbocycles. The second kappa shape index (κ2) is 7.51. The van der Waals surface area contributed by atoms with Gasteiger partial charge in [0.1, 0.15) is 17.2 Å². The number of hydrogen-bond donors (Lipinski definition) is 1. The van der Waals surface area contributed by atoms with Gasteiger partial charge in [0.15, 0.2) is 5.82 Å². The maximum atomic E-state index is 15.1. The summed E-state index contributed by atoms with van der Waals surface area (Å²) in [6.45, 7) is 6.27. The topological polar surface area (TPSA) is 88.7 Å². The van der Waals surface area contributed by atoms with Crippen LogP contribution in [0.25, 0.3) is 16.7 Å². The number of fused-ring (bicyclic) bond motifs is 4. The van der Waals surface area contributed by atoms with E-state index in [0.29, 0.717) is 48.1 Å². The summed E-state index contributed by atoms with van der Waals surface area (Å²) in [4.78, 5) is 10.6. The second-order valence-corrected chi connectivity index (χ2v) is 8.15. The average molecular weight is 432 g/mol. The maximum absolute atomic E-state index is 15.1. The molecule has 1 aliphatic heterocycles. The zero-order valence-electron chi connectivity index (χ0n) is 17.9. The third-order valence-corrected chi connectivity index (χ3v) is 5.26. The SMILES string of the molecule is Cc1nnc2nc(N3CCOCc4c(C#CC(C)(C)O)cccc43)c3c(F)cncc3n12. The van der Waals surface area contributed by atoms with Crippen molar-refractivity contribution in [2.24, 2.45) is 0 Å². The van der Waals surface area contributed by atoms with Crippen molar-refractivity contribution < 1.29 is 14.2 Å². The van der Waals surface area contributed by atoms with Crippen LogP contribution in [0.2, 0.25) is 0 Å². The molecular weight excluding hydrogens is 411 g/mol. The van der Waals surface area contributed by atoms with Gasteiger partial charge in [-0.1, -0.05) is 17.9 Å². The molecule has 1 aliphatic rings. The number of nitrogens with zero attached hydrogens (tertiary/aromatic N) is 6. The number of aryl methyl sites for hydroxylation is 1. The fourth-order valence-corrected chi connectivity index (χ4v) is 3.85. The Morgan fingerprint density at radius 1 is 1.22 bits per heavy atom. The Hall–Kier alpha value is -3.61. The quantitative estimate of drug-likeness (QED) is 0.463. The van der Waals surface area contributed by atoms with Crippen molar-refractivity contribution in [2.75, 3.05) is 18.1 Å². The molecule has 0 bridgehead atoms. The highest BCUT2D eigenvalue weighted by atomic mass is 19.1. The van der Waals surface area contributed by atoms with Gasteiger partial charge in [-0.3, -0.25) is 9.38 Å². The Morgan fingerprint density at radius 3 is 2.88 bits per heavy atom. The van der Waals surface area contributed by atoms with Gasteiger partial charge < -0.3 is 14.7 Å². The van der Waals surface area contributed by atoms with E-state index < -0.39 is 11.4 Å². The smallest absolute Gasteiger partial charge is 0.257 e. The highest BCUT2D eigenvalue weighted by molar-refractivity contribution is 5.94. The molecular formula is C23H21FN6O2. The van der Waals surface area contributed by atoms with Crippen molar-refractivity contribution in [1.82, 2.24) is 24.6 Å². The van der Waals surface area contributed by atoms with E-state index in [1.165, 1.54) is 6.20 Å². The molecule has 4 aromatic rings. The Balaban J connectivity index is 1.77. The van der Waals surface area contributed by atoms with Crippen molar-refractivity contribution in [2.45, 2.75) is 33.0 Å². The summed E-state index contributed by atoms with van der Waals surface area (Å²) in [7, 11) is 0. The van der Waals surface area contributed by atoms with E-state index in [9.17, 15) is 5.11 Å². The predicted octanol–water partition coefficient (Wildman–Crippen LogP) is 2.91. The van der Waals surface area contributed by atoms with Crippen LogP contribution in [0.1, 0.15) is 30.8 Å². The van der Waals surface area contributed by atoms with Crippen LogP contribution in [-0.4, -0.2) is 48.4 Å². The highest BCUT2D eigenvalue weighted by Gasteiger charge is 2.25. The molecule has 0 spiro atoms.